The minimum absolute atomic E-state index is 0.0327. The number of hydrogen-bond acceptors (Lipinski definition) is 8. The number of tetrazole rings is 1. The normalized spacial score (nSPS) is 11.1. The molecule has 0 unspecified atom stereocenters. The molecule has 0 aliphatic heterocycles. The van der Waals surface area contributed by atoms with Crippen LogP contribution in [-0.2, 0) is 0 Å². The van der Waals surface area contributed by atoms with Gasteiger partial charge in [-0.2, -0.15) is 5.10 Å². The fourth-order valence-corrected chi connectivity index (χ4v) is 1.83. The van der Waals surface area contributed by atoms with Crippen molar-refractivity contribution in [2.75, 3.05) is 5.73 Å². The van der Waals surface area contributed by atoms with Crippen molar-refractivity contribution in [1.82, 2.24) is 20.3 Å². The second-order valence-electron chi connectivity index (χ2n) is 4.21. The van der Waals surface area contributed by atoms with Crippen molar-refractivity contribution in [2.45, 2.75) is 0 Å². The average Bonchev–Trinajstić information content (AvgIpc) is 3.14. The number of aromatic nitrogens is 4. The Labute approximate surface area is 123 Å². The minimum Gasteiger partial charge on any atom is -0.545 e. The predicted octanol–water partition coefficient (Wildman–Crippen LogP) is -0.239. The van der Waals surface area contributed by atoms with E-state index >= 15 is 0 Å². The van der Waals surface area contributed by atoms with Crippen LogP contribution in [0.1, 0.15) is 16.1 Å². The Morgan fingerprint density at radius 2 is 2.14 bits per heavy atom. The number of carboxylic acids is 1. The highest BCUT2D eigenvalue weighted by Gasteiger charge is 2.09. The van der Waals surface area contributed by atoms with Crippen LogP contribution in [-0.4, -0.2) is 32.5 Å². The van der Waals surface area contributed by atoms with Gasteiger partial charge < -0.3 is 20.1 Å². The number of nitrogens with zero attached hydrogens (tertiary/aromatic N) is 5. The van der Waals surface area contributed by atoms with E-state index in [1.807, 2.05) is 0 Å². The highest BCUT2D eigenvalue weighted by atomic mass is 16.4. The van der Waals surface area contributed by atoms with Gasteiger partial charge in [-0.1, -0.05) is 34.2 Å². The van der Waals surface area contributed by atoms with Crippen molar-refractivity contribution in [3.05, 3.63) is 47.7 Å². The number of carbonyl (C=O) groups is 1. The largest absolute Gasteiger partial charge is 0.545 e. The van der Waals surface area contributed by atoms with Crippen molar-refractivity contribution in [1.29, 1.82) is 0 Å². The summed E-state index contributed by atoms with van der Waals surface area (Å²) < 4.78 is 5.54. The topological polar surface area (TPSA) is 135 Å². The van der Waals surface area contributed by atoms with Gasteiger partial charge in [0.2, 0.25) is 0 Å². The quantitative estimate of drug-likeness (QED) is 0.656. The highest BCUT2D eigenvalue weighted by Crippen LogP contribution is 2.25. The summed E-state index contributed by atoms with van der Waals surface area (Å²) in [6.45, 7) is 0. The molecule has 2 heterocycles. The summed E-state index contributed by atoms with van der Waals surface area (Å²) in [5.74, 6) is -0.474. The van der Waals surface area contributed by atoms with E-state index in [-0.39, 0.29) is 11.5 Å². The standard InChI is InChI=1S/C13H10N6O3/c14-13-16-17-18-19(13)15-7-8-5-6-11(22-8)9-3-1-2-4-10(9)12(20)21/h1-7H,(H,20,21)(H2,14,16,18)/p-1/b15-7+. The van der Waals surface area contributed by atoms with Crippen LogP contribution in [0.4, 0.5) is 5.95 Å². The zero-order chi connectivity index (χ0) is 15.5. The number of nitrogen functional groups attached to an aromatic ring is 1. The van der Waals surface area contributed by atoms with Gasteiger partial charge >= 0.3 is 0 Å². The molecule has 0 atom stereocenters. The van der Waals surface area contributed by atoms with E-state index in [1.54, 1.807) is 30.3 Å². The number of nitrogens with two attached hydrogens (primary N) is 1. The summed E-state index contributed by atoms with van der Waals surface area (Å²) in [5, 5.41) is 25.4. The van der Waals surface area contributed by atoms with E-state index in [9.17, 15) is 9.90 Å². The number of rotatable bonds is 4. The van der Waals surface area contributed by atoms with Crippen molar-refractivity contribution in [2.24, 2.45) is 5.10 Å². The molecule has 0 bridgehead atoms. The smallest absolute Gasteiger partial charge is 0.263 e. The van der Waals surface area contributed by atoms with Gasteiger partial charge in [0, 0.05) is 11.1 Å². The zero-order valence-corrected chi connectivity index (χ0v) is 11.1. The fourth-order valence-electron chi connectivity index (χ4n) is 1.83. The molecular weight excluding hydrogens is 288 g/mol. The molecule has 0 aliphatic carbocycles. The summed E-state index contributed by atoms with van der Waals surface area (Å²) >= 11 is 0. The van der Waals surface area contributed by atoms with Crippen LogP contribution in [0.5, 0.6) is 0 Å². The molecule has 0 saturated heterocycles. The van der Waals surface area contributed by atoms with Gasteiger partial charge in [-0.25, -0.2) is 0 Å². The van der Waals surface area contributed by atoms with Crippen molar-refractivity contribution in [3.63, 3.8) is 0 Å². The third kappa shape index (κ3) is 2.54. The first-order chi connectivity index (χ1) is 10.6. The van der Waals surface area contributed by atoms with Gasteiger partial charge in [-0.15, -0.1) is 0 Å². The van der Waals surface area contributed by atoms with Gasteiger partial charge in [0.25, 0.3) is 5.95 Å². The number of anilines is 1. The van der Waals surface area contributed by atoms with Crippen molar-refractivity contribution >= 4 is 18.1 Å². The first-order valence-electron chi connectivity index (χ1n) is 6.14. The summed E-state index contributed by atoms with van der Waals surface area (Å²) in [7, 11) is 0. The molecule has 0 radical (unpaired) electrons. The van der Waals surface area contributed by atoms with Crippen LogP contribution in [0.15, 0.2) is 45.9 Å². The molecule has 0 spiro atoms. The van der Waals surface area contributed by atoms with Gasteiger partial charge in [-0.05, 0) is 22.6 Å². The van der Waals surface area contributed by atoms with Crippen molar-refractivity contribution in [3.8, 4) is 11.3 Å². The van der Waals surface area contributed by atoms with E-state index in [0.29, 0.717) is 17.1 Å². The van der Waals surface area contributed by atoms with Gasteiger partial charge in [0.1, 0.15) is 11.5 Å². The molecule has 2 N–H and O–H groups in total. The van der Waals surface area contributed by atoms with Crippen LogP contribution in [0.3, 0.4) is 0 Å². The van der Waals surface area contributed by atoms with Gasteiger partial charge in [-0.3, -0.25) is 0 Å². The molecule has 110 valence electrons. The lowest BCUT2D eigenvalue weighted by Gasteiger charge is -2.07. The lowest BCUT2D eigenvalue weighted by atomic mass is 10.1. The molecule has 9 nitrogen and oxygen atoms in total. The number of aromatic carboxylic acids is 1. The first-order valence-corrected chi connectivity index (χ1v) is 6.14. The summed E-state index contributed by atoms with van der Waals surface area (Å²) in [6.07, 6.45) is 1.36. The lowest BCUT2D eigenvalue weighted by molar-refractivity contribution is -0.254. The maximum Gasteiger partial charge on any atom is 0.263 e. The van der Waals surface area contributed by atoms with E-state index in [0.717, 1.165) is 4.79 Å². The minimum atomic E-state index is -1.27. The van der Waals surface area contributed by atoms with Crippen LogP contribution in [0.2, 0.25) is 0 Å². The third-order valence-electron chi connectivity index (χ3n) is 2.81. The van der Waals surface area contributed by atoms with Gasteiger partial charge in [0.15, 0.2) is 0 Å². The molecule has 9 heteroatoms. The maximum absolute atomic E-state index is 11.1. The van der Waals surface area contributed by atoms with E-state index in [1.165, 1.54) is 12.3 Å². The van der Waals surface area contributed by atoms with Crippen LogP contribution < -0.4 is 10.8 Å². The Balaban J connectivity index is 1.90. The number of carboxylic acid groups (broad SMARTS) is 1. The second-order valence-corrected chi connectivity index (χ2v) is 4.21. The summed E-state index contributed by atoms with van der Waals surface area (Å²) in [6, 6.07) is 9.66. The van der Waals surface area contributed by atoms with E-state index < -0.39 is 5.97 Å². The highest BCUT2D eigenvalue weighted by molar-refractivity contribution is 5.94. The zero-order valence-electron chi connectivity index (χ0n) is 11.1. The molecule has 0 saturated carbocycles. The molecule has 1 aromatic carbocycles. The number of benzene rings is 1. The molecule has 2 aromatic heterocycles. The molecular formula is C13H9N6O3-. The Hall–Kier alpha value is -3.49. The Kier molecular flexibility index (Phi) is 3.36. The van der Waals surface area contributed by atoms with Crippen LogP contribution in [0.25, 0.3) is 11.3 Å². The summed E-state index contributed by atoms with van der Waals surface area (Å²) in [4.78, 5) is 12.1. The average molecular weight is 297 g/mol. The van der Waals surface area contributed by atoms with E-state index in [2.05, 4.69) is 20.6 Å². The molecule has 0 amide bonds. The monoisotopic (exact) mass is 297 g/mol. The Bertz CT molecular complexity index is 851. The maximum atomic E-state index is 11.1. The van der Waals surface area contributed by atoms with Crippen LogP contribution in [0, 0.1) is 0 Å². The Morgan fingerprint density at radius 3 is 2.86 bits per heavy atom. The Morgan fingerprint density at radius 1 is 1.32 bits per heavy atom. The third-order valence-corrected chi connectivity index (χ3v) is 2.81. The van der Waals surface area contributed by atoms with Crippen molar-refractivity contribution < 1.29 is 14.3 Å². The summed E-state index contributed by atoms with van der Waals surface area (Å²) in [5.41, 5.74) is 5.93. The molecule has 3 aromatic rings. The molecule has 0 aliphatic rings. The first kappa shape index (κ1) is 13.5. The predicted molar refractivity (Wildman–Crippen MR) is 73.7 cm³/mol. The SMILES string of the molecule is Nc1nnnn1/N=C/c1ccc(-c2ccccc2C(=O)[O-])o1. The van der Waals surface area contributed by atoms with Crippen LogP contribution >= 0.6 is 0 Å². The molecule has 0 fully saturated rings. The fraction of sp³-hybridized carbons (Fsp3) is 0. The molecule has 22 heavy (non-hydrogen) atoms. The van der Waals surface area contributed by atoms with Gasteiger partial charge in [0.05, 0.1) is 12.2 Å². The number of furan rings is 1. The second kappa shape index (κ2) is 5.48. The number of hydrogen-bond donors (Lipinski definition) is 1. The lowest BCUT2D eigenvalue weighted by Crippen LogP contribution is -2.22. The number of carbonyl (C=O) groups excluding carboxylic acids is 1. The van der Waals surface area contributed by atoms with E-state index in [4.69, 9.17) is 10.2 Å². The molecule has 3 rings (SSSR count).